The van der Waals surface area contributed by atoms with E-state index in [-0.39, 0.29) is 0 Å². The average Bonchev–Trinajstić information content (AvgIpc) is 2.16. The van der Waals surface area contributed by atoms with Crippen LogP contribution in [-0.4, -0.2) is 19.8 Å². The monoisotopic (exact) mass is 291 g/mol. The van der Waals surface area contributed by atoms with Crippen molar-refractivity contribution in [2.75, 3.05) is 0 Å². The average molecular weight is 290 g/mol. The number of hydrogen-bond acceptors (Lipinski definition) is 0. The van der Waals surface area contributed by atoms with Crippen molar-refractivity contribution >= 4 is 19.8 Å². The Bertz CT molecular complexity index is 98.5. The van der Waals surface area contributed by atoms with Gasteiger partial charge in [0.05, 0.1) is 0 Å². The second-order valence-corrected chi connectivity index (χ2v) is 15.7. The van der Waals surface area contributed by atoms with Gasteiger partial charge in [0.15, 0.2) is 0 Å². The summed E-state index contributed by atoms with van der Waals surface area (Å²) in [6.07, 6.45) is 4.26. The minimum atomic E-state index is -1.12. The molecule has 0 spiro atoms. The molecule has 0 rings (SSSR count). The predicted octanol–water partition coefficient (Wildman–Crippen LogP) is 4.88. The molecule has 1 radical (unpaired) electrons. The summed E-state index contributed by atoms with van der Waals surface area (Å²) in [5.74, 6) is 0. The van der Waals surface area contributed by atoms with Crippen LogP contribution in [0.5, 0.6) is 0 Å². The Kier molecular flexibility index (Phi) is 7.58. The molecule has 0 fully saturated rings. The van der Waals surface area contributed by atoms with Crippen molar-refractivity contribution in [1.82, 2.24) is 0 Å². The van der Waals surface area contributed by atoms with Gasteiger partial charge in [-0.15, -0.1) is 0 Å². The first kappa shape index (κ1) is 13.8. The van der Waals surface area contributed by atoms with Crippen LogP contribution in [0, 0.1) is 0 Å². The van der Waals surface area contributed by atoms with Gasteiger partial charge in [0.25, 0.3) is 0 Å². The molecule has 0 aromatic carbocycles. The van der Waals surface area contributed by atoms with Crippen LogP contribution in [0.15, 0.2) is 0 Å². The second kappa shape index (κ2) is 7.14. The first-order valence-corrected chi connectivity index (χ1v) is 10.9. The quantitative estimate of drug-likeness (QED) is 0.611. The van der Waals surface area contributed by atoms with E-state index in [1.807, 2.05) is 0 Å². The van der Waals surface area contributed by atoms with E-state index in [4.69, 9.17) is 0 Å². The molecule has 0 aliphatic heterocycles. The van der Waals surface area contributed by atoms with Crippen molar-refractivity contribution < 1.29 is 0 Å². The van der Waals surface area contributed by atoms with E-state index in [0.717, 1.165) is 11.8 Å². The third kappa shape index (κ3) is 4.22. The second-order valence-electron chi connectivity index (χ2n) is 4.43. The molecular weight excluding hydrogens is 263 g/mol. The van der Waals surface area contributed by atoms with Gasteiger partial charge in [-0.1, -0.05) is 0 Å². The molecule has 79 valence electrons. The summed E-state index contributed by atoms with van der Waals surface area (Å²) in [7, 11) is 0. The molecular formula is C12H27Sn. The predicted molar refractivity (Wildman–Crippen MR) is 64.9 cm³/mol. The summed E-state index contributed by atoms with van der Waals surface area (Å²) in [6.45, 7) is 14.6. The van der Waals surface area contributed by atoms with Crippen LogP contribution in [0.1, 0.15) is 60.8 Å². The van der Waals surface area contributed by atoms with Gasteiger partial charge >= 0.3 is 92.4 Å². The maximum absolute atomic E-state index is 2.51. The van der Waals surface area contributed by atoms with Crippen LogP contribution >= 0.6 is 0 Å². The molecule has 0 saturated heterocycles. The van der Waals surface area contributed by atoms with Crippen molar-refractivity contribution in [2.45, 2.75) is 72.6 Å². The standard InChI is InChI=1S/3C4H9.Sn/c3*1-3-4-2;/h3*3H,4H2,1-2H3;. The summed E-state index contributed by atoms with van der Waals surface area (Å²) in [5.41, 5.74) is 0. The van der Waals surface area contributed by atoms with Crippen LogP contribution in [0.4, 0.5) is 0 Å². The molecule has 0 aromatic rings. The Morgan fingerprint density at radius 2 is 0.923 bits per heavy atom. The molecule has 0 bridgehead atoms. The van der Waals surface area contributed by atoms with Crippen molar-refractivity contribution in [2.24, 2.45) is 0 Å². The number of rotatable bonds is 6. The molecule has 0 amide bonds. The van der Waals surface area contributed by atoms with E-state index in [2.05, 4.69) is 41.5 Å². The van der Waals surface area contributed by atoms with Gasteiger partial charge < -0.3 is 0 Å². The van der Waals surface area contributed by atoms with E-state index >= 15 is 0 Å². The molecule has 3 unspecified atom stereocenters. The number of hydrogen-bond donors (Lipinski definition) is 0. The van der Waals surface area contributed by atoms with Crippen LogP contribution in [0.3, 0.4) is 0 Å². The van der Waals surface area contributed by atoms with Crippen LogP contribution < -0.4 is 0 Å². The first-order chi connectivity index (χ1) is 6.08. The summed E-state index contributed by atoms with van der Waals surface area (Å²) in [5, 5.41) is 0. The van der Waals surface area contributed by atoms with Crippen molar-refractivity contribution in [3.63, 3.8) is 0 Å². The Hall–Kier alpha value is 0.799. The van der Waals surface area contributed by atoms with Gasteiger partial charge in [0.2, 0.25) is 0 Å². The Balaban J connectivity index is 4.34. The van der Waals surface area contributed by atoms with Gasteiger partial charge in [-0.05, 0) is 0 Å². The summed E-state index contributed by atoms with van der Waals surface area (Å²) < 4.78 is 3.27. The summed E-state index contributed by atoms with van der Waals surface area (Å²) in [6, 6.07) is 0. The van der Waals surface area contributed by atoms with E-state index in [1.165, 1.54) is 19.3 Å². The molecule has 3 atom stereocenters. The van der Waals surface area contributed by atoms with E-state index in [9.17, 15) is 0 Å². The van der Waals surface area contributed by atoms with Crippen molar-refractivity contribution in [3.8, 4) is 0 Å². The third-order valence-corrected chi connectivity index (χ3v) is 16.8. The van der Waals surface area contributed by atoms with Gasteiger partial charge in [-0.2, -0.15) is 0 Å². The van der Waals surface area contributed by atoms with Gasteiger partial charge in [0.1, 0.15) is 0 Å². The molecule has 0 N–H and O–H groups in total. The topological polar surface area (TPSA) is 0 Å². The van der Waals surface area contributed by atoms with Crippen LogP contribution in [0.25, 0.3) is 0 Å². The van der Waals surface area contributed by atoms with Gasteiger partial charge in [0, 0.05) is 0 Å². The van der Waals surface area contributed by atoms with Crippen molar-refractivity contribution in [1.29, 1.82) is 0 Å². The third-order valence-electron chi connectivity index (χ3n) is 3.54. The fourth-order valence-electron chi connectivity index (χ4n) is 2.16. The zero-order valence-electron chi connectivity index (χ0n) is 10.4. The summed E-state index contributed by atoms with van der Waals surface area (Å²) >= 11 is -1.12. The van der Waals surface area contributed by atoms with E-state index < -0.39 is 19.8 Å². The fourth-order valence-corrected chi connectivity index (χ4v) is 14.5. The molecule has 0 aromatic heterocycles. The van der Waals surface area contributed by atoms with Crippen molar-refractivity contribution in [3.05, 3.63) is 0 Å². The normalized spacial score (nSPS) is 18.7. The first-order valence-electron chi connectivity index (χ1n) is 5.94. The Morgan fingerprint density at radius 3 is 1.08 bits per heavy atom. The molecule has 0 nitrogen and oxygen atoms in total. The Morgan fingerprint density at radius 1 is 0.692 bits per heavy atom. The fraction of sp³-hybridized carbons (Fsp3) is 1.00. The van der Waals surface area contributed by atoms with Gasteiger partial charge in [-0.25, -0.2) is 0 Å². The maximum atomic E-state index is 2.51. The SMILES string of the molecule is CC[CH](C)[Sn]([CH](C)CC)[CH](C)CC. The molecule has 0 aliphatic carbocycles. The van der Waals surface area contributed by atoms with Gasteiger partial charge in [-0.3, -0.25) is 0 Å². The van der Waals surface area contributed by atoms with E-state index in [0.29, 0.717) is 0 Å². The molecule has 0 saturated carbocycles. The molecule has 13 heavy (non-hydrogen) atoms. The minimum absolute atomic E-state index is 1.09. The zero-order valence-corrected chi connectivity index (χ0v) is 13.2. The zero-order chi connectivity index (χ0) is 10.4. The molecule has 0 heterocycles. The van der Waals surface area contributed by atoms with Crippen LogP contribution in [-0.2, 0) is 0 Å². The summed E-state index contributed by atoms with van der Waals surface area (Å²) in [4.78, 5) is 0. The molecule has 0 aliphatic rings. The Labute approximate surface area is 92.2 Å². The molecule has 1 heteroatoms. The van der Waals surface area contributed by atoms with Crippen LogP contribution in [0.2, 0.25) is 11.8 Å². The van der Waals surface area contributed by atoms with E-state index in [1.54, 1.807) is 0 Å².